The molecule has 2 heterocycles. The van der Waals surface area contributed by atoms with E-state index in [2.05, 4.69) is 4.90 Å². The predicted molar refractivity (Wildman–Crippen MR) is 155 cm³/mol. The summed E-state index contributed by atoms with van der Waals surface area (Å²) in [5.41, 5.74) is 1.37. The second-order valence-electron chi connectivity index (χ2n) is 9.19. The Morgan fingerprint density at radius 2 is 1.87 bits per heavy atom. The summed E-state index contributed by atoms with van der Waals surface area (Å²) in [7, 11) is -1.79. The molecular formula is C26H33Cl2N3O5S2. The molecular weight excluding hydrogens is 569 g/mol. The van der Waals surface area contributed by atoms with Crippen molar-refractivity contribution in [2.75, 3.05) is 51.4 Å². The van der Waals surface area contributed by atoms with Crippen molar-refractivity contribution in [3.63, 3.8) is 0 Å². The van der Waals surface area contributed by atoms with Gasteiger partial charge in [0.2, 0.25) is 5.91 Å². The molecule has 0 saturated carbocycles. The van der Waals surface area contributed by atoms with Crippen LogP contribution in [0.2, 0.25) is 5.02 Å². The SMILES string of the molecule is COc1ccc(Cl)c2sc(N(CCCN3CCOCC3)C(=O)Cc3ccc(S(=O)(=O)C(C)C)cc3)nc12.Cl. The highest BCUT2D eigenvalue weighted by Crippen LogP contribution is 2.39. The van der Waals surface area contributed by atoms with Crippen LogP contribution in [-0.4, -0.2) is 76.0 Å². The first-order chi connectivity index (χ1) is 17.7. The molecule has 1 aliphatic heterocycles. The number of fused-ring (bicyclic) bond motifs is 1. The maximum absolute atomic E-state index is 13.6. The Hall–Kier alpha value is -1.95. The molecule has 0 spiro atoms. The van der Waals surface area contributed by atoms with Gasteiger partial charge in [-0.05, 0) is 50.1 Å². The van der Waals surface area contributed by atoms with Crippen molar-refractivity contribution in [3.05, 3.63) is 47.0 Å². The van der Waals surface area contributed by atoms with Gasteiger partial charge in [0.15, 0.2) is 15.0 Å². The summed E-state index contributed by atoms with van der Waals surface area (Å²) in [6, 6.07) is 10.1. The molecule has 1 saturated heterocycles. The van der Waals surface area contributed by atoms with Crippen molar-refractivity contribution in [1.29, 1.82) is 0 Å². The number of halogens is 2. The largest absolute Gasteiger partial charge is 0.494 e. The van der Waals surface area contributed by atoms with Crippen LogP contribution in [0.15, 0.2) is 41.3 Å². The predicted octanol–water partition coefficient (Wildman–Crippen LogP) is 4.86. The number of nitrogens with zero attached hydrogens (tertiary/aromatic N) is 3. The Kier molecular flexibility index (Phi) is 10.8. The average molecular weight is 603 g/mol. The number of methoxy groups -OCH3 is 1. The number of rotatable bonds is 10. The second-order valence-corrected chi connectivity index (χ2v) is 13.1. The lowest BCUT2D eigenvalue weighted by molar-refractivity contribution is -0.118. The van der Waals surface area contributed by atoms with Gasteiger partial charge in [-0.15, -0.1) is 12.4 Å². The van der Waals surface area contributed by atoms with Gasteiger partial charge in [0.1, 0.15) is 11.3 Å². The number of amides is 1. The molecule has 38 heavy (non-hydrogen) atoms. The first-order valence-electron chi connectivity index (χ1n) is 12.3. The molecule has 1 aromatic heterocycles. The highest BCUT2D eigenvalue weighted by atomic mass is 35.5. The van der Waals surface area contributed by atoms with E-state index in [-0.39, 0.29) is 29.6 Å². The number of sulfone groups is 1. The Balaban J connectivity index is 0.00000400. The van der Waals surface area contributed by atoms with Crippen LogP contribution in [0.25, 0.3) is 10.2 Å². The summed E-state index contributed by atoms with van der Waals surface area (Å²) < 4.78 is 36.6. The van der Waals surface area contributed by atoms with Crippen molar-refractivity contribution < 1.29 is 22.7 Å². The number of anilines is 1. The van der Waals surface area contributed by atoms with E-state index < -0.39 is 15.1 Å². The summed E-state index contributed by atoms with van der Waals surface area (Å²) in [6.07, 6.45) is 0.901. The van der Waals surface area contributed by atoms with E-state index in [1.165, 1.54) is 11.3 Å². The van der Waals surface area contributed by atoms with Crippen molar-refractivity contribution in [2.45, 2.75) is 36.8 Å². The molecule has 1 amide bonds. The van der Waals surface area contributed by atoms with Gasteiger partial charge in [-0.25, -0.2) is 13.4 Å². The maximum Gasteiger partial charge on any atom is 0.233 e. The first kappa shape index (κ1) is 30.6. The number of thiazole rings is 1. The van der Waals surface area contributed by atoms with Crippen LogP contribution in [-0.2, 0) is 25.8 Å². The zero-order chi connectivity index (χ0) is 26.6. The van der Waals surface area contributed by atoms with E-state index >= 15 is 0 Å². The van der Waals surface area contributed by atoms with Crippen LogP contribution < -0.4 is 9.64 Å². The maximum atomic E-state index is 13.6. The summed E-state index contributed by atoms with van der Waals surface area (Å²) in [4.78, 5) is 22.6. The monoisotopic (exact) mass is 601 g/mol. The van der Waals surface area contributed by atoms with E-state index in [1.54, 1.807) is 62.3 Å². The van der Waals surface area contributed by atoms with Crippen LogP contribution in [0.1, 0.15) is 25.8 Å². The summed E-state index contributed by atoms with van der Waals surface area (Å²) in [5.74, 6) is 0.486. The van der Waals surface area contributed by atoms with E-state index in [9.17, 15) is 13.2 Å². The number of benzene rings is 2. The molecule has 0 atom stereocenters. The van der Waals surface area contributed by atoms with Crippen LogP contribution in [0, 0.1) is 0 Å². The van der Waals surface area contributed by atoms with Crippen molar-refractivity contribution in [2.24, 2.45) is 0 Å². The smallest absolute Gasteiger partial charge is 0.233 e. The molecule has 2 aromatic carbocycles. The number of hydrogen-bond donors (Lipinski definition) is 0. The third-order valence-corrected chi connectivity index (χ3v) is 10.1. The number of aromatic nitrogens is 1. The van der Waals surface area contributed by atoms with Gasteiger partial charge < -0.3 is 9.47 Å². The minimum atomic E-state index is -3.37. The van der Waals surface area contributed by atoms with Crippen molar-refractivity contribution in [1.82, 2.24) is 9.88 Å². The lowest BCUT2D eigenvalue weighted by Gasteiger charge is -2.27. The third-order valence-electron chi connectivity index (χ3n) is 6.39. The van der Waals surface area contributed by atoms with Crippen molar-refractivity contribution >= 4 is 66.4 Å². The third kappa shape index (κ3) is 6.97. The summed E-state index contributed by atoms with van der Waals surface area (Å²) in [5, 5.41) is 0.611. The van der Waals surface area contributed by atoms with Gasteiger partial charge in [0, 0.05) is 26.2 Å². The topological polar surface area (TPSA) is 89.0 Å². The molecule has 0 radical (unpaired) electrons. The fourth-order valence-corrected chi connectivity index (χ4v) is 6.52. The molecule has 8 nitrogen and oxygen atoms in total. The van der Waals surface area contributed by atoms with E-state index in [0.717, 1.165) is 49.5 Å². The molecule has 0 N–H and O–H groups in total. The van der Waals surface area contributed by atoms with E-state index in [4.69, 9.17) is 26.1 Å². The molecule has 0 aliphatic carbocycles. The molecule has 208 valence electrons. The normalized spacial score (nSPS) is 14.4. The number of ether oxygens (including phenoxy) is 2. The number of carbonyl (C=O) groups excluding carboxylic acids is 1. The van der Waals surface area contributed by atoms with Gasteiger partial charge in [0.25, 0.3) is 0 Å². The highest BCUT2D eigenvalue weighted by Gasteiger charge is 2.24. The first-order valence-corrected chi connectivity index (χ1v) is 15.0. The minimum absolute atomic E-state index is 0. The standard InChI is InChI=1S/C26H32ClN3O5S2.ClH/c1-18(2)37(32,33)20-7-5-19(6-8-20)17-23(31)30(12-4-11-29-13-15-35-16-14-29)26-28-24-22(34-3)10-9-21(27)25(24)36-26;/h5-10,18H,4,11-17H2,1-3H3;1H. The number of carbonyl (C=O) groups is 1. The lowest BCUT2D eigenvalue weighted by Crippen LogP contribution is -2.39. The van der Waals surface area contributed by atoms with Crippen LogP contribution >= 0.6 is 35.3 Å². The number of hydrogen-bond acceptors (Lipinski definition) is 8. The Morgan fingerprint density at radius 1 is 1.18 bits per heavy atom. The van der Waals surface area contributed by atoms with Gasteiger partial charge in [-0.3, -0.25) is 14.6 Å². The van der Waals surface area contributed by atoms with Gasteiger partial charge in [-0.2, -0.15) is 0 Å². The fraction of sp³-hybridized carbons (Fsp3) is 0.462. The summed E-state index contributed by atoms with van der Waals surface area (Å²) in [6.45, 7) is 7.87. The van der Waals surface area contributed by atoms with Crippen LogP contribution in [0.3, 0.4) is 0 Å². The second kappa shape index (κ2) is 13.4. The zero-order valence-corrected chi connectivity index (χ0v) is 24.9. The molecule has 1 fully saturated rings. The highest BCUT2D eigenvalue weighted by molar-refractivity contribution is 7.92. The van der Waals surface area contributed by atoms with Crippen LogP contribution in [0.4, 0.5) is 5.13 Å². The van der Waals surface area contributed by atoms with E-state index in [0.29, 0.717) is 28.0 Å². The Bertz CT molecular complexity index is 1340. The fourth-order valence-electron chi connectivity index (χ4n) is 4.16. The molecule has 4 rings (SSSR count). The Labute approximate surface area is 239 Å². The zero-order valence-electron chi connectivity index (χ0n) is 21.7. The van der Waals surface area contributed by atoms with Crippen LogP contribution in [0.5, 0.6) is 5.75 Å². The Morgan fingerprint density at radius 3 is 2.50 bits per heavy atom. The molecule has 0 bridgehead atoms. The van der Waals surface area contributed by atoms with E-state index in [1.807, 2.05) is 0 Å². The summed E-state index contributed by atoms with van der Waals surface area (Å²) >= 11 is 7.80. The van der Waals surface area contributed by atoms with Gasteiger partial charge in [0.05, 0.1) is 46.6 Å². The average Bonchev–Trinajstić information content (AvgIpc) is 3.33. The minimum Gasteiger partial charge on any atom is -0.494 e. The van der Waals surface area contributed by atoms with Gasteiger partial charge >= 0.3 is 0 Å². The molecule has 1 aliphatic rings. The van der Waals surface area contributed by atoms with Crippen molar-refractivity contribution in [3.8, 4) is 5.75 Å². The van der Waals surface area contributed by atoms with Gasteiger partial charge in [-0.1, -0.05) is 35.1 Å². The quantitative estimate of drug-likeness (QED) is 0.328. The molecule has 3 aromatic rings. The molecule has 0 unspecified atom stereocenters. The lowest BCUT2D eigenvalue weighted by atomic mass is 10.1. The number of morpholine rings is 1. The molecule has 12 heteroatoms.